The SMILES string of the molecule is CCCC(=O)O[C@@H]1CO[C@@H](C)C(N)C1. The molecule has 0 spiro atoms. The summed E-state index contributed by atoms with van der Waals surface area (Å²) in [6, 6.07) is -0.0248. The molecule has 14 heavy (non-hydrogen) atoms. The first-order chi connectivity index (χ1) is 6.63. The molecule has 1 saturated heterocycles. The molecule has 0 radical (unpaired) electrons. The van der Waals surface area contributed by atoms with Crippen molar-refractivity contribution in [3.63, 3.8) is 0 Å². The average molecular weight is 201 g/mol. The van der Waals surface area contributed by atoms with Gasteiger partial charge in [0.2, 0.25) is 0 Å². The lowest BCUT2D eigenvalue weighted by molar-refractivity contribution is -0.159. The molecule has 1 fully saturated rings. The quantitative estimate of drug-likeness (QED) is 0.687. The minimum absolute atomic E-state index is 0.0248. The van der Waals surface area contributed by atoms with Gasteiger partial charge in [-0.25, -0.2) is 0 Å². The van der Waals surface area contributed by atoms with Gasteiger partial charge in [-0.05, 0) is 13.3 Å². The molecular weight excluding hydrogens is 182 g/mol. The summed E-state index contributed by atoms with van der Waals surface area (Å²) in [4.78, 5) is 11.2. The van der Waals surface area contributed by atoms with Gasteiger partial charge in [0.05, 0.1) is 12.7 Å². The summed E-state index contributed by atoms with van der Waals surface area (Å²) in [6.45, 7) is 4.37. The fourth-order valence-corrected chi connectivity index (χ4v) is 1.48. The normalized spacial score (nSPS) is 32.6. The lowest BCUT2D eigenvalue weighted by Gasteiger charge is -2.31. The van der Waals surface area contributed by atoms with Crippen LogP contribution in [0.1, 0.15) is 33.1 Å². The van der Waals surface area contributed by atoms with Crippen LogP contribution in [0.3, 0.4) is 0 Å². The first kappa shape index (κ1) is 11.5. The van der Waals surface area contributed by atoms with Gasteiger partial charge >= 0.3 is 5.97 Å². The zero-order chi connectivity index (χ0) is 10.6. The Bertz CT molecular complexity index is 196. The number of hydrogen-bond acceptors (Lipinski definition) is 4. The lowest BCUT2D eigenvalue weighted by atomic mass is 10.0. The van der Waals surface area contributed by atoms with Crippen molar-refractivity contribution in [1.82, 2.24) is 0 Å². The topological polar surface area (TPSA) is 61.5 Å². The minimum atomic E-state index is -0.153. The van der Waals surface area contributed by atoms with Crippen LogP contribution in [0.5, 0.6) is 0 Å². The molecule has 0 aliphatic carbocycles. The van der Waals surface area contributed by atoms with Crippen LogP contribution in [0.25, 0.3) is 0 Å². The fraction of sp³-hybridized carbons (Fsp3) is 0.900. The standard InChI is InChI=1S/C10H19NO3/c1-3-4-10(12)14-8-5-9(11)7(2)13-6-8/h7-9H,3-6,11H2,1-2H3/t7-,8-,9?/m0/s1. The van der Waals surface area contributed by atoms with Crippen LogP contribution in [-0.4, -0.2) is 30.8 Å². The number of hydrogen-bond donors (Lipinski definition) is 1. The molecular formula is C10H19NO3. The molecule has 4 nitrogen and oxygen atoms in total. The zero-order valence-electron chi connectivity index (χ0n) is 8.86. The molecule has 3 atom stereocenters. The summed E-state index contributed by atoms with van der Waals surface area (Å²) in [5.41, 5.74) is 5.80. The maximum atomic E-state index is 11.2. The maximum Gasteiger partial charge on any atom is 0.306 e. The van der Waals surface area contributed by atoms with E-state index in [0.29, 0.717) is 19.4 Å². The van der Waals surface area contributed by atoms with Crippen LogP contribution in [0, 0.1) is 0 Å². The monoisotopic (exact) mass is 201 g/mol. The third kappa shape index (κ3) is 3.27. The number of rotatable bonds is 3. The molecule has 0 saturated carbocycles. The Labute approximate surface area is 84.7 Å². The van der Waals surface area contributed by atoms with Crippen molar-refractivity contribution in [2.75, 3.05) is 6.61 Å². The fourth-order valence-electron chi connectivity index (χ4n) is 1.48. The highest BCUT2D eigenvalue weighted by Crippen LogP contribution is 2.15. The summed E-state index contributed by atoms with van der Waals surface area (Å²) >= 11 is 0. The van der Waals surface area contributed by atoms with Crippen molar-refractivity contribution in [3.05, 3.63) is 0 Å². The Morgan fingerprint density at radius 2 is 2.36 bits per heavy atom. The van der Waals surface area contributed by atoms with E-state index in [9.17, 15) is 4.79 Å². The molecule has 82 valence electrons. The van der Waals surface area contributed by atoms with E-state index in [1.54, 1.807) is 0 Å². The predicted molar refractivity (Wildman–Crippen MR) is 52.8 cm³/mol. The molecule has 0 aromatic carbocycles. The van der Waals surface area contributed by atoms with E-state index >= 15 is 0 Å². The zero-order valence-corrected chi connectivity index (χ0v) is 8.86. The highest BCUT2D eigenvalue weighted by atomic mass is 16.6. The summed E-state index contributed by atoms with van der Waals surface area (Å²) in [7, 11) is 0. The molecule has 4 heteroatoms. The summed E-state index contributed by atoms with van der Waals surface area (Å²) < 4.78 is 10.6. The van der Waals surface area contributed by atoms with Crippen LogP contribution in [0.2, 0.25) is 0 Å². The minimum Gasteiger partial charge on any atom is -0.460 e. The van der Waals surface area contributed by atoms with Gasteiger partial charge in [-0.15, -0.1) is 0 Å². The molecule has 1 unspecified atom stereocenters. The molecule has 0 aromatic rings. The largest absolute Gasteiger partial charge is 0.460 e. The Morgan fingerprint density at radius 3 is 2.93 bits per heavy atom. The van der Waals surface area contributed by atoms with E-state index in [2.05, 4.69) is 0 Å². The number of nitrogens with two attached hydrogens (primary N) is 1. The maximum absolute atomic E-state index is 11.2. The Balaban J connectivity index is 2.29. The number of carbonyl (C=O) groups is 1. The summed E-state index contributed by atoms with van der Waals surface area (Å²) in [6.07, 6.45) is 1.91. The summed E-state index contributed by atoms with van der Waals surface area (Å²) in [5, 5.41) is 0. The van der Waals surface area contributed by atoms with Crippen LogP contribution < -0.4 is 5.73 Å². The van der Waals surface area contributed by atoms with E-state index in [1.165, 1.54) is 0 Å². The molecule has 0 amide bonds. The van der Waals surface area contributed by atoms with Gasteiger partial charge in [-0.3, -0.25) is 4.79 Å². The molecule has 2 N–H and O–H groups in total. The van der Waals surface area contributed by atoms with Gasteiger partial charge in [0, 0.05) is 18.9 Å². The van der Waals surface area contributed by atoms with Crippen LogP contribution >= 0.6 is 0 Å². The first-order valence-corrected chi connectivity index (χ1v) is 5.20. The number of carbonyl (C=O) groups excluding carboxylic acids is 1. The average Bonchev–Trinajstić information content (AvgIpc) is 2.12. The van der Waals surface area contributed by atoms with Gasteiger partial charge in [-0.2, -0.15) is 0 Å². The Morgan fingerprint density at radius 1 is 1.64 bits per heavy atom. The van der Waals surface area contributed by atoms with Gasteiger partial charge in [0.1, 0.15) is 6.10 Å². The lowest BCUT2D eigenvalue weighted by Crippen LogP contribution is -2.46. The molecule has 0 aromatic heterocycles. The third-order valence-corrected chi connectivity index (χ3v) is 2.44. The van der Waals surface area contributed by atoms with E-state index in [-0.39, 0.29) is 24.2 Å². The van der Waals surface area contributed by atoms with Crippen LogP contribution in [-0.2, 0) is 14.3 Å². The smallest absolute Gasteiger partial charge is 0.306 e. The second-order valence-electron chi connectivity index (χ2n) is 3.80. The Hall–Kier alpha value is -0.610. The molecule has 1 rings (SSSR count). The van der Waals surface area contributed by atoms with Crippen molar-refractivity contribution < 1.29 is 14.3 Å². The summed E-state index contributed by atoms with van der Waals surface area (Å²) in [5.74, 6) is -0.150. The second-order valence-corrected chi connectivity index (χ2v) is 3.80. The van der Waals surface area contributed by atoms with Crippen LogP contribution in [0.4, 0.5) is 0 Å². The van der Waals surface area contributed by atoms with Crippen molar-refractivity contribution in [2.45, 2.75) is 51.4 Å². The van der Waals surface area contributed by atoms with Gasteiger partial charge in [-0.1, -0.05) is 6.92 Å². The molecule has 1 aliphatic rings. The van der Waals surface area contributed by atoms with Gasteiger partial charge in [0.25, 0.3) is 0 Å². The van der Waals surface area contributed by atoms with Gasteiger partial charge < -0.3 is 15.2 Å². The first-order valence-electron chi connectivity index (χ1n) is 5.20. The van der Waals surface area contributed by atoms with E-state index in [0.717, 1.165) is 6.42 Å². The Kier molecular flexibility index (Phi) is 4.35. The van der Waals surface area contributed by atoms with E-state index in [4.69, 9.17) is 15.2 Å². The molecule has 0 bridgehead atoms. The van der Waals surface area contributed by atoms with E-state index < -0.39 is 0 Å². The van der Waals surface area contributed by atoms with E-state index in [1.807, 2.05) is 13.8 Å². The van der Waals surface area contributed by atoms with Crippen LogP contribution in [0.15, 0.2) is 0 Å². The van der Waals surface area contributed by atoms with Crippen molar-refractivity contribution in [2.24, 2.45) is 5.73 Å². The van der Waals surface area contributed by atoms with Crippen molar-refractivity contribution >= 4 is 5.97 Å². The molecule has 1 heterocycles. The molecule has 1 aliphatic heterocycles. The predicted octanol–water partition coefficient (Wildman–Crippen LogP) is 0.834. The number of esters is 1. The second kappa shape index (κ2) is 5.32. The highest BCUT2D eigenvalue weighted by molar-refractivity contribution is 5.69. The van der Waals surface area contributed by atoms with Gasteiger partial charge in [0.15, 0.2) is 0 Å². The third-order valence-electron chi connectivity index (χ3n) is 2.44. The van der Waals surface area contributed by atoms with Crippen molar-refractivity contribution in [3.8, 4) is 0 Å². The number of ether oxygens (including phenoxy) is 2. The highest BCUT2D eigenvalue weighted by Gasteiger charge is 2.27. The van der Waals surface area contributed by atoms with Crippen molar-refractivity contribution in [1.29, 1.82) is 0 Å².